The van der Waals surface area contributed by atoms with E-state index in [1.54, 1.807) is 0 Å². The Hall–Kier alpha value is -2.46. The van der Waals surface area contributed by atoms with Crippen LogP contribution >= 0.6 is 0 Å². The van der Waals surface area contributed by atoms with E-state index >= 15 is 0 Å². The predicted molar refractivity (Wildman–Crippen MR) is 93.0 cm³/mol. The summed E-state index contributed by atoms with van der Waals surface area (Å²) in [5.74, 6) is 0. The lowest BCUT2D eigenvalue weighted by Crippen LogP contribution is -2.51. The predicted octanol–water partition coefficient (Wildman–Crippen LogP) is 4.31. The summed E-state index contributed by atoms with van der Waals surface area (Å²) in [4.78, 5) is 13.2. The van der Waals surface area contributed by atoms with Gasteiger partial charge in [0.25, 0.3) is 5.70 Å². The highest BCUT2D eigenvalue weighted by Crippen LogP contribution is 2.40. The molecule has 2 atom stereocenters. The van der Waals surface area contributed by atoms with Crippen LogP contribution in [0.4, 0.5) is 0 Å². The minimum absolute atomic E-state index is 0.140. The lowest BCUT2D eigenvalue weighted by Gasteiger charge is -2.37. The fraction of sp³-hybridized carbons (Fsp3) is 0.300. The van der Waals surface area contributed by atoms with Crippen LogP contribution in [-0.2, 0) is 0 Å². The molecule has 1 fully saturated rings. The Bertz CT molecular complexity index is 771. The highest BCUT2D eigenvalue weighted by molar-refractivity contribution is 5.86. The SMILES string of the molecule is O=[N+]1C(c2ccccc2)=C(c2ccccc2)N(O)[C@H]2CCCC[C@@H]21. The van der Waals surface area contributed by atoms with Crippen LogP contribution in [0.25, 0.3) is 11.4 Å². The van der Waals surface area contributed by atoms with Gasteiger partial charge < -0.3 is 0 Å². The van der Waals surface area contributed by atoms with Gasteiger partial charge in [0, 0.05) is 21.7 Å². The largest absolute Gasteiger partial charge is 0.289 e. The molecule has 4 rings (SSSR count). The summed E-state index contributed by atoms with van der Waals surface area (Å²) in [6.07, 6.45) is 3.76. The van der Waals surface area contributed by atoms with Crippen LogP contribution in [0.5, 0.6) is 0 Å². The van der Waals surface area contributed by atoms with Gasteiger partial charge in [-0.25, -0.2) is 5.06 Å². The molecule has 1 heterocycles. The Kier molecular flexibility index (Phi) is 3.90. The van der Waals surface area contributed by atoms with Gasteiger partial charge in [-0.05, 0) is 25.0 Å². The zero-order valence-corrected chi connectivity index (χ0v) is 13.5. The molecule has 0 amide bonds. The van der Waals surface area contributed by atoms with Gasteiger partial charge in [0.2, 0.25) is 6.04 Å². The second-order valence-electron chi connectivity index (χ2n) is 6.52. The average Bonchev–Trinajstić information content (AvgIpc) is 2.66. The number of hydroxylamine groups is 2. The van der Waals surface area contributed by atoms with Crippen molar-refractivity contribution in [3.05, 3.63) is 76.7 Å². The molecule has 4 nitrogen and oxygen atoms in total. The van der Waals surface area contributed by atoms with Crippen molar-refractivity contribution >= 4 is 11.4 Å². The van der Waals surface area contributed by atoms with Crippen molar-refractivity contribution < 1.29 is 9.97 Å². The molecule has 2 aromatic rings. The summed E-state index contributed by atoms with van der Waals surface area (Å²) < 4.78 is 1.15. The molecular formula is C20H21N2O2+. The number of nitroso groups, excluding NO2 is 1. The maximum Gasteiger partial charge on any atom is 0.289 e. The molecule has 0 unspecified atom stereocenters. The van der Waals surface area contributed by atoms with E-state index < -0.39 is 0 Å². The van der Waals surface area contributed by atoms with Gasteiger partial charge in [-0.1, -0.05) is 55.0 Å². The first-order valence-corrected chi connectivity index (χ1v) is 8.57. The molecule has 4 heteroatoms. The fourth-order valence-electron chi connectivity index (χ4n) is 3.92. The maximum absolute atomic E-state index is 13.2. The Morgan fingerprint density at radius 2 is 1.46 bits per heavy atom. The van der Waals surface area contributed by atoms with Gasteiger partial charge in [-0.3, -0.25) is 5.21 Å². The maximum atomic E-state index is 13.2. The minimum Gasteiger partial charge on any atom is -0.288 e. The second-order valence-corrected chi connectivity index (χ2v) is 6.52. The zero-order valence-electron chi connectivity index (χ0n) is 13.5. The number of benzene rings is 2. The third kappa shape index (κ3) is 2.43. The monoisotopic (exact) mass is 321 g/mol. The van der Waals surface area contributed by atoms with Crippen molar-refractivity contribution in [2.24, 2.45) is 0 Å². The Morgan fingerprint density at radius 3 is 2.12 bits per heavy atom. The fourth-order valence-corrected chi connectivity index (χ4v) is 3.92. The minimum atomic E-state index is -0.189. The smallest absolute Gasteiger partial charge is 0.288 e. The lowest BCUT2D eigenvalue weighted by atomic mass is 9.86. The first-order valence-electron chi connectivity index (χ1n) is 8.57. The standard InChI is InChI=1S/C20H21N2O2/c23-21-17-13-7-8-14-18(17)22(24)20(16-11-5-2-6-12-16)19(21)15-9-3-1-4-10-15/h1-6,9-12,17-18,23H,7-8,13-14H2/q+1/t17-,18-/m0/s1. The molecule has 122 valence electrons. The molecule has 0 aromatic heterocycles. The molecule has 24 heavy (non-hydrogen) atoms. The molecule has 1 aliphatic heterocycles. The lowest BCUT2D eigenvalue weighted by molar-refractivity contribution is -0.521. The normalized spacial score (nSPS) is 24.0. The van der Waals surface area contributed by atoms with Crippen molar-refractivity contribution in [2.45, 2.75) is 37.8 Å². The van der Waals surface area contributed by atoms with Crippen LogP contribution in [0.15, 0.2) is 60.7 Å². The van der Waals surface area contributed by atoms with Crippen molar-refractivity contribution in [1.29, 1.82) is 0 Å². The van der Waals surface area contributed by atoms with E-state index in [1.165, 1.54) is 5.06 Å². The summed E-state index contributed by atoms with van der Waals surface area (Å²) in [5.41, 5.74) is 2.88. The van der Waals surface area contributed by atoms with Crippen LogP contribution in [0, 0.1) is 4.91 Å². The molecular weight excluding hydrogens is 300 g/mol. The van der Waals surface area contributed by atoms with E-state index in [2.05, 4.69) is 0 Å². The molecule has 0 spiro atoms. The average molecular weight is 321 g/mol. The molecule has 2 aromatic carbocycles. The van der Waals surface area contributed by atoms with E-state index in [9.17, 15) is 10.1 Å². The Morgan fingerprint density at radius 1 is 0.875 bits per heavy atom. The summed E-state index contributed by atoms with van der Waals surface area (Å²) in [6.45, 7) is 0. The Labute approximate surface area is 141 Å². The molecule has 1 saturated carbocycles. The highest BCUT2D eigenvalue weighted by Gasteiger charge is 2.50. The van der Waals surface area contributed by atoms with Crippen molar-refractivity contribution in [3.8, 4) is 0 Å². The number of fused-ring (bicyclic) bond motifs is 1. The quantitative estimate of drug-likeness (QED) is 0.838. The first-order chi connectivity index (χ1) is 11.8. The van der Waals surface area contributed by atoms with Crippen LogP contribution in [0.1, 0.15) is 36.8 Å². The number of hydrogen-bond donors (Lipinski definition) is 1. The van der Waals surface area contributed by atoms with Crippen molar-refractivity contribution in [3.63, 3.8) is 0 Å². The highest BCUT2D eigenvalue weighted by atomic mass is 16.5. The number of nitrogens with zero attached hydrogens (tertiary/aromatic N) is 2. The van der Waals surface area contributed by atoms with Crippen molar-refractivity contribution in [1.82, 2.24) is 5.06 Å². The van der Waals surface area contributed by atoms with Gasteiger partial charge >= 0.3 is 0 Å². The molecule has 0 saturated heterocycles. The van der Waals surface area contributed by atoms with E-state index in [-0.39, 0.29) is 12.1 Å². The summed E-state index contributed by atoms with van der Waals surface area (Å²) >= 11 is 0. The molecule has 2 aliphatic rings. The second kappa shape index (κ2) is 6.21. The summed E-state index contributed by atoms with van der Waals surface area (Å²) in [6, 6.07) is 19.0. The van der Waals surface area contributed by atoms with Crippen LogP contribution < -0.4 is 0 Å². The van der Waals surface area contributed by atoms with Crippen LogP contribution in [-0.4, -0.2) is 27.1 Å². The first kappa shape index (κ1) is 15.1. The van der Waals surface area contributed by atoms with Gasteiger partial charge in [0.1, 0.15) is 11.7 Å². The van der Waals surface area contributed by atoms with Crippen LogP contribution in [0.3, 0.4) is 0 Å². The summed E-state index contributed by atoms with van der Waals surface area (Å²) in [7, 11) is 0. The van der Waals surface area contributed by atoms with Gasteiger partial charge in [0.05, 0.1) is 5.56 Å². The number of rotatable bonds is 2. The van der Waals surface area contributed by atoms with Crippen molar-refractivity contribution in [2.75, 3.05) is 0 Å². The zero-order chi connectivity index (χ0) is 16.5. The summed E-state index contributed by atoms with van der Waals surface area (Å²) in [5, 5.41) is 12.3. The van der Waals surface area contributed by atoms with Crippen LogP contribution in [0.2, 0.25) is 0 Å². The molecule has 1 N–H and O–H groups in total. The topological polar surface area (TPSA) is 43.5 Å². The third-order valence-electron chi connectivity index (χ3n) is 5.08. The molecule has 0 radical (unpaired) electrons. The van der Waals surface area contributed by atoms with E-state index in [0.717, 1.165) is 41.6 Å². The van der Waals surface area contributed by atoms with Gasteiger partial charge in [0.15, 0.2) is 0 Å². The van der Waals surface area contributed by atoms with E-state index in [0.29, 0.717) is 11.4 Å². The molecule has 0 bridgehead atoms. The van der Waals surface area contributed by atoms with Gasteiger partial charge in [-0.15, -0.1) is 0 Å². The van der Waals surface area contributed by atoms with E-state index in [1.807, 2.05) is 60.7 Å². The number of hydrogen-bond acceptors (Lipinski definition) is 3. The van der Waals surface area contributed by atoms with Gasteiger partial charge in [-0.2, -0.15) is 0 Å². The Balaban J connectivity index is 1.94. The third-order valence-corrected chi connectivity index (χ3v) is 5.08. The molecule has 1 aliphatic carbocycles. The van der Waals surface area contributed by atoms with E-state index in [4.69, 9.17) is 0 Å².